The number of guanidine groups is 1. The number of anilines is 1. The summed E-state index contributed by atoms with van der Waals surface area (Å²) in [5, 5.41) is 0. The van der Waals surface area contributed by atoms with Crippen molar-refractivity contribution in [1.29, 1.82) is 0 Å². The van der Waals surface area contributed by atoms with Crippen molar-refractivity contribution in [3.8, 4) is 0 Å². The molecule has 1 heterocycles. The van der Waals surface area contributed by atoms with Crippen LogP contribution in [0.4, 0.5) is 10.1 Å². The van der Waals surface area contributed by atoms with Crippen LogP contribution in [-0.4, -0.2) is 56.7 Å². The van der Waals surface area contributed by atoms with Crippen LogP contribution in [0.3, 0.4) is 0 Å². The predicted molar refractivity (Wildman–Crippen MR) is 122 cm³/mol. The number of halogens is 2. The van der Waals surface area contributed by atoms with Gasteiger partial charge in [0.25, 0.3) is 0 Å². The van der Waals surface area contributed by atoms with E-state index in [1.165, 1.54) is 19.2 Å². The minimum absolute atomic E-state index is 0. The van der Waals surface area contributed by atoms with Crippen LogP contribution in [0.1, 0.15) is 38.5 Å². The Balaban J connectivity index is 0.00000392. The van der Waals surface area contributed by atoms with Gasteiger partial charge in [-0.05, 0) is 37.1 Å². The number of carbonyl (C=O) groups is 1. The Kier molecular flexibility index (Phi) is 11.9. The van der Waals surface area contributed by atoms with Crippen molar-refractivity contribution < 1.29 is 13.9 Å². The molecule has 0 spiro atoms. The normalized spacial score (nSPS) is 14.6. The fourth-order valence-corrected chi connectivity index (χ4v) is 3.15. The maximum Gasteiger partial charge on any atom is 0.305 e. The molecule has 2 rings (SSSR count). The molecular weight excluding hydrogens is 474 g/mol. The van der Waals surface area contributed by atoms with Crippen molar-refractivity contribution in [2.24, 2.45) is 10.7 Å². The molecule has 0 bridgehead atoms. The fourth-order valence-electron chi connectivity index (χ4n) is 3.15. The average molecular weight is 506 g/mol. The summed E-state index contributed by atoms with van der Waals surface area (Å²) >= 11 is 0. The van der Waals surface area contributed by atoms with Gasteiger partial charge in [0.15, 0.2) is 5.96 Å². The highest BCUT2D eigenvalue weighted by atomic mass is 127. The molecule has 0 saturated carbocycles. The third kappa shape index (κ3) is 8.62. The zero-order chi connectivity index (χ0) is 19.5. The Labute approximate surface area is 184 Å². The number of methoxy groups -OCH3 is 1. The summed E-state index contributed by atoms with van der Waals surface area (Å²) in [5.41, 5.74) is 7.16. The number of nitrogens with two attached hydrogens (primary N) is 1. The molecule has 1 aliphatic heterocycles. The van der Waals surface area contributed by atoms with Crippen LogP contribution in [0.15, 0.2) is 29.3 Å². The standard InChI is InChI=1S/C20H31FN4O2.HI/c1-27-19(26)7-5-3-2-4-6-12-23-20(22)25-15-13-24(14-16-25)18-10-8-17(21)9-11-18;/h8-11H,2-7,12-16H2,1H3,(H2,22,23);1H. The molecule has 0 amide bonds. The average Bonchev–Trinajstić information content (AvgIpc) is 2.70. The van der Waals surface area contributed by atoms with Gasteiger partial charge in [-0.2, -0.15) is 0 Å². The summed E-state index contributed by atoms with van der Waals surface area (Å²) in [7, 11) is 1.42. The van der Waals surface area contributed by atoms with E-state index in [2.05, 4.69) is 19.5 Å². The highest BCUT2D eigenvalue weighted by Crippen LogP contribution is 2.16. The first-order chi connectivity index (χ1) is 13.1. The summed E-state index contributed by atoms with van der Waals surface area (Å²) in [4.78, 5) is 19.8. The Hall–Kier alpha value is -1.58. The molecule has 6 nitrogen and oxygen atoms in total. The van der Waals surface area contributed by atoms with E-state index >= 15 is 0 Å². The van der Waals surface area contributed by atoms with E-state index in [-0.39, 0.29) is 35.8 Å². The number of rotatable bonds is 9. The lowest BCUT2D eigenvalue weighted by molar-refractivity contribution is -0.140. The molecule has 2 N–H and O–H groups in total. The quantitative estimate of drug-likeness (QED) is 0.183. The molecule has 1 aromatic carbocycles. The second-order valence-electron chi connectivity index (χ2n) is 6.78. The first-order valence-electron chi connectivity index (χ1n) is 9.72. The maximum atomic E-state index is 13.0. The Morgan fingerprint density at radius 2 is 1.68 bits per heavy atom. The van der Waals surface area contributed by atoms with Crippen LogP contribution in [-0.2, 0) is 9.53 Å². The zero-order valence-corrected chi connectivity index (χ0v) is 18.9. The molecule has 1 aliphatic rings. The van der Waals surface area contributed by atoms with Crippen LogP contribution in [0.5, 0.6) is 0 Å². The first-order valence-corrected chi connectivity index (χ1v) is 9.72. The Morgan fingerprint density at radius 3 is 2.32 bits per heavy atom. The largest absolute Gasteiger partial charge is 0.469 e. The van der Waals surface area contributed by atoms with Crippen LogP contribution in [0, 0.1) is 5.82 Å². The second-order valence-corrected chi connectivity index (χ2v) is 6.78. The molecule has 28 heavy (non-hydrogen) atoms. The lowest BCUT2D eigenvalue weighted by atomic mass is 10.1. The van der Waals surface area contributed by atoms with E-state index in [4.69, 9.17) is 5.73 Å². The Morgan fingerprint density at radius 1 is 1.07 bits per heavy atom. The molecular formula is C20H32FIN4O2. The van der Waals surface area contributed by atoms with Crippen molar-refractivity contribution in [2.45, 2.75) is 38.5 Å². The van der Waals surface area contributed by atoms with E-state index in [0.29, 0.717) is 12.4 Å². The van der Waals surface area contributed by atoms with Crippen LogP contribution in [0.2, 0.25) is 0 Å². The van der Waals surface area contributed by atoms with Gasteiger partial charge in [0, 0.05) is 44.8 Å². The van der Waals surface area contributed by atoms with Crippen molar-refractivity contribution >= 4 is 41.6 Å². The van der Waals surface area contributed by atoms with Gasteiger partial charge < -0.3 is 20.3 Å². The predicted octanol–water partition coefficient (Wildman–Crippen LogP) is 3.39. The third-order valence-electron chi connectivity index (χ3n) is 4.84. The molecule has 0 radical (unpaired) electrons. The zero-order valence-electron chi connectivity index (χ0n) is 16.6. The number of carbonyl (C=O) groups excluding carboxylic acids is 1. The van der Waals surface area contributed by atoms with E-state index < -0.39 is 0 Å². The van der Waals surface area contributed by atoms with E-state index in [1.807, 2.05) is 12.1 Å². The number of aliphatic imine (C=N–C) groups is 1. The first kappa shape index (κ1) is 24.5. The van der Waals surface area contributed by atoms with Gasteiger partial charge in [-0.3, -0.25) is 9.79 Å². The summed E-state index contributed by atoms with van der Waals surface area (Å²) in [6, 6.07) is 6.61. The molecule has 0 aromatic heterocycles. The van der Waals surface area contributed by atoms with Crippen molar-refractivity contribution in [3.63, 3.8) is 0 Å². The third-order valence-corrected chi connectivity index (χ3v) is 4.84. The summed E-state index contributed by atoms with van der Waals surface area (Å²) in [5.74, 6) is 0.267. The van der Waals surface area contributed by atoms with Crippen LogP contribution < -0.4 is 10.6 Å². The molecule has 0 atom stereocenters. The topological polar surface area (TPSA) is 71.2 Å². The van der Waals surface area contributed by atoms with Gasteiger partial charge in [-0.25, -0.2) is 4.39 Å². The number of hydrogen-bond donors (Lipinski definition) is 1. The number of benzene rings is 1. The van der Waals surface area contributed by atoms with Crippen molar-refractivity contribution in [1.82, 2.24) is 4.90 Å². The highest BCUT2D eigenvalue weighted by Gasteiger charge is 2.18. The summed E-state index contributed by atoms with van der Waals surface area (Å²) in [6.45, 7) is 4.07. The monoisotopic (exact) mass is 506 g/mol. The summed E-state index contributed by atoms with van der Waals surface area (Å²) < 4.78 is 17.6. The van der Waals surface area contributed by atoms with Gasteiger partial charge in [0.2, 0.25) is 0 Å². The molecule has 1 fully saturated rings. The van der Waals surface area contributed by atoms with Gasteiger partial charge >= 0.3 is 5.97 Å². The van der Waals surface area contributed by atoms with Gasteiger partial charge in [0.1, 0.15) is 5.82 Å². The van der Waals surface area contributed by atoms with E-state index in [0.717, 1.165) is 70.5 Å². The van der Waals surface area contributed by atoms with Gasteiger partial charge in [-0.15, -0.1) is 24.0 Å². The lowest BCUT2D eigenvalue weighted by Crippen LogP contribution is -2.51. The number of unbranched alkanes of at least 4 members (excludes halogenated alkanes) is 4. The number of piperazine rings is 1. The molecule has 0 unspecified atom stereocenters. The highest BCUT2D eigenvalue weighted by molar-refractivity contribution is 14.0. The minimum atomic E-state index is -0.211. The lowest BCUT2D eigenvalue weighted by Gasteiger charge is -2.36. The van der Waals surface area contributed by atoms with Crippen LogP contribution >= 0.6 is 24.0 Å². The smallest absolute Gasteiger partial charge is 0.305 e. The maximum absolute atomic E-state index is 13.0. The molecule has 1 saturated heterocycles. The van der Waals surface area contributed by atoms with Gasteiger partial charge in [0.05, 0.1) is 7.11 Å². The van der Waals surface area contributed by atoms with E-state index in [9.17, 15) is 9.18 Å². The van der Waals surface area contributed by atoms with Crippen LogP contribution in [0.25, 0.3) is 0 Å². The SMILES string of the molecule is COC(=O)CCCCCCCN=C(N)N1CCN(c2ccc(F)cc2)CC1.I. The van der Waals surface area contributed by atoms with E-state index in [1.54, 1.807) is 0 Å². The second kappa shape index (κ2) is 13.6. The number of ether oxygens (including phenoxy) is 1. The Bertz CT molecular complexity index is 605. The molecule has 8 heteroatoms. The van der Waals surface area contributed by atoms with Gasteiger partial charge in [-0.1, -0.05) is 19.3 Å². The number of hydrogen-bond acceptors (Lipinski definition) is 4. The van der Waals surface area contributed by atoms with Crippen molar-refractivity contribution in [2.75, 3.05) is 44.7 Å². The number of esters is 1. The summed E-state index contributed by atoms with van der Waals surface area (Å²) in [6.07, 6.45) is 5.63. The minimum Gasteiger partial charge on any atom is -0.469 e. The molecule has 0 aliphatic carbocycles. The fraction of sp³-hybridized carbons (Fsp3) is 0.600. The molecule has 158 valence electrons. The molecule has 1 aromatic rings. The van der Waals surface area contributed by atoms with Crippen molar-refractivity contribution in [3.05, 3.63) is 30.1 Å². The number of nitrogens with zero attached hydrogens (tertiary/aromatic N) is 3.